The van der Waals surface area contributed by atoms with Crippen molar-refractivity contribution in [2.45, 2.75) is 11.4 Å². The summed E-state index contributed by atoms with van der Waals surface area (Å²) >= 11 is 0. The number of aromatic hydroxyl groups is 1. The molecule has 5 nitrogen and oxygen atoms in total. The minimum atomic E-state index is -4.26. The van der Waals surface area contributed by atoms with Crippen molar-refractivity contribution in [1.82, 2.24) is 0 Å². The van der Waals surface area contributed by atoms with Crippen LogP contribution in [0.4, 0.5) is 0 Å². The quantitative estimate of drug-likeness (QED) is 0.627. The van der Waals surface area contributed by atoms with Crippen molar-refractivity contribution in [1.29, 1.82) is 0 Å². The molecular weight excluding hydrogens is 314 g/mol. The number of nitrogens with two attached hydrogens (primary N) is 1. The largest absolute Gasteiger partial charge is 0.507 e. The van der Waals surface area contributed by atoms with Crippen molar-refractivity contribution in [2.75, 3.05) is 0 Å². The van der Waals surface area contributed by atoms with E-state index in [-0.39, 0.29) is 10.6 Å². The van der Waals surface area contributed by atoms with Crippen LogP contribution in [-0.4, -0.2) is 18.1 Å². The maximum absolute atomic E-state index is 11.0. The van der Waals surface area contributed by atoms with Gasteiger partial charge in [0.05, 0.1) is 0 Å². The van der Waals surface area contributed by atoms with Crippen molar-refractivity contribution in [3.63, 3.8) is 0 Å². The molecule has 0 aliphatic carbocycles. The summed E-state index contributed by atoms with van der Waals surface area (Å²) in [5.74, 6) is -0.0157. The van der Waals surface area contributed by atoms with Gasteiger partial charge in [0.2, 0.25) is 0 Å². The third-order valence-electron chi connectivity index (χ3n) is 3.22. The lowest BCUT2D eigenvalue weighted by atomic mass is 10.1. The van der Waals surface area contributed by atoms with Crippen LogP contribution in [0.1, 0.15) is 5.56 Å². The van der Waals surface area contributed by atoms with Gasteiger partial charge < -0.3 is 10.8 Å². The Labute approximate surface area is 134 Å². The molecule has 0 spiro atoms. The summed E-state index contributed by atoms with van der Waals surface area (Å²) in [7, 11) is -4.26. The number of hydrogen-bond donors (Lipinski definition) is 3. The summed E-state index contributed by atoms with van der Waals surface area (Å²) < 4.78 is 31.0. The third kappa shape index (κ3) is 4.29. The van der Waals surface area contributed by atoms with E-state index in [1.165, 1.54) is 23.8 Å². The Bertz CT molecular complexity index is 893. The Morgan fingerprint density at radius 2 is 1.39 bits per heavy atom. The summed E-state index contributed by atoms with van der Waals surface area (Å²) in [5, 5.41) is 10.2. The lowest BCUT2D eigenvalue weighted by Crippen LogP contribution is -1.98. The summed E-state index contributed by atoms with van der Waals surface area (Å²) in [5.41, 5.74) is 6.54. The Balaban J connectivity index is 0.000000203. The smallest absolute Gasteiger partial charge is 0.295 e. The normalized spacial score (nSPS) is 10.9. The standard InChI is InChI=1S/C10H8O4S.C7H9N/c11-9-5-6-10(15(12,13)14)8-4-2-1-3-7(8)9;8-6-7-4-2-1-3-5-7/h1-6,11H,(H,12,13,14);1-5H,6,8H2. The molecule has 6 heteroatoms. The molecule has 4 N–H and O–H groups in total. The molecule has 23 heavy (non-hydrogen) atoms. The van der Waals surface area contributed by atoms with E-state index in [0.29, 0.717) is 17.3 Å². The number of rotatable bonds is 2. The maximum atomic E-state index is 11.0. The van der Waals surface area contributed by atoms with Crippen LogP contribution in [-0.2, 0) is 16.7 Å². The molecule has 3 rings (SSSR count). The van der Waals surface area contributed by atoms with E-state index in [1.807, 2.05) is 30.3 Å². The lowest BCUT2D eigenvalue weighted by Gasteiger charge is -2.04. The van der Waals surface area contributed by atoms with Crippen LogP contribution in [0.25, 0.3) is 10.8 Å². The molecule has 0 fully saturated rings. The molecule has 3 aromatic carbocycles. The Morgan fingerprint density at radius 1 is 0.826 bits per heavy atom. The van der Waals surface area contributed by atoms with Gasteiger partial charge in [-0.05, 0) is 17.7 Å². The fourth-order valence-electron chi connectivity index (χ4n) is 2.09. The number of benzene rings is 3. The van der Waals surface area contributed by atoms with Gasteiger partial charge in [0.15, 0.2) is 0 Å². The van der Waals surface area contributed by atoms with E-state index in [9.17, 15) is 13.5 Å². The first-order valence-corrected chi connectivity index (χ1v) is 8.29. The zero-order chi connectivity index (χ0) is 16.9. The predicted molar refractivity (Wildman–Crippen MR) is 89.8 cm³/mol. The summed E-state index contributed by atoms with van der Waals surface area (Å²) in [6.45, 7) is 0.640. The Morgan fingerprint density at radius 3 is 1.91 bits per heavy atom. The van der Waals surface area contributed by atoms with Gasteiger partial charge in [-0.1, -0.05) is 54.6 Å². The first-order chi connectivity index (χ1) is 10.9. The molecule has 0 heterocycles. The van der Waals surface area contributed by atoms with Crippen LogP contribution >= 0.6 is 0 Å². The first-order valence-electron chi connectivity index (χ1n) is 6.85. The molecule has 0 amide bonds. The van der Waals surface area contributed by atoms with Crippen molar-refractivity contribution in [3.05, 3.63) is 72.3 Å². The van der Waals surface area contributed by atoms with Crippen LogP contribution in [0.2, 0.25) is 0 Å². The molecule has 0 unspecified atom stereocenters. The van der Waals surface area contributed by atoms with Gasteiger partial charge >= 0.3 is 0 Å². The highest BCUT2D eigenvalue weighted by atomic mass is 32.2. The van der Waals surface area contributed by atoms with Crippen molar-refractivity contribution < 1.29 is 18.1 Å². The molecule has 3 aromatic rings. The highest BCUT2D eigenvalue weighted by molar-refractivity contribution is 7.86. The van der Waals surface area contributed by atoms with Gasteiger partial charge in [0.1, 0.15) is 10.6 Å². The Hall–Kier alpha value is -2.41. The van der Waals surface area contributed by atoms with E-state index in [0.717, 1.165) is 0 Å². The maximum Gasteiger partial charge on any atom is 0.295 e. The van der Waals surface area contributed by atoms with Gasteiger partial charge in [-0.15, -0.1) is 0 Å². The zero-order valence-corrected chi connectivity index (χ0v) is 13.1. The van der Waals surface area contributed by atoms with Crippen LogP contribution in [0.3, 0.4) is 0 Å². The van der Waals surface area contributed by atoms with Crippen molar-refractivity contribution in [3.8, 4) is 5.75 Å². The summed E-state index contributed by atoms with van der Waals surface area (Å²) in [6, 6.07) is 18.8. The molecule has 0 aliphatic heterocycles. The van der Waals surface area contributed by atoms with E-state index < -0.39 is 10.1 Å². The van der Waals surface area contributed by atoms with E-state index in [4.69, 9.17) is 10.3 Å². The second-order valence-electron chi connectivity index (χ2n) is 4.79. The molecular formula is C17H17NO4S. The topological polar surface area (TPSA) is 101 Å². The monoisotopic (exact) mass is 331 g/mol. The highest BCUT2D eigenvalue weighted by Gasteiger charge is 2.14. The minimum absolute atomic E-state index is 0.0157. The number of phenols is 1. The molecule has 0 bridgehead atoms. The lowest BCUT2D eigenvalue weighted by molar-refractivity contribution is 0.479. The molecule has 0 aromatic heterocycles. The molecule has 0 atom stereocenters. The molecule has 0 aliphatic rings. The van der Waals surface area contributed by atoms with Crippen LogP contribution < -0.4 is 5.73 Å². The Kier molecular flexibility index (Phi) is 5.33. The fraction of sp³-hybridized carbons (Fsp3) is 0.0588. The molecule has 0 saturated heterocycles. The van der Waals surface area contributed by atoms with E-state index in [2.05, 4.69) is 0 Å². The summed E-state index contributed by atoms with van der Waals surface area (Å²) in [6.07, 6.45) is 0. The second kappa shape index (κ2) is 7.23. The van der Waals surface area contributed by atoms with Crippen LogP contribution in [0, 0.1) is 0 Å². The average Bonchev–Trinajstić information content (AvgIpc) is 2.55. The van der Waals surface area contributed by atoms with E-state index in [1.54, 1.807) is 18.2 Å². The van der Waals surface area contributed by atoms with Gasteiger partial charge in [-0.25, -0.2) is 0 Å². The SMILES string of the molecule is NCc1ccccc1.O=S(=O)(O)c1ccc(O)c2ccccc12. The molecule has 120 valence electrons. The third-order valence-corrected chi connectivity index (χ3v) is 4.13. The van der Waals surface area contributed by atoms with E-state index >= 15 is 0 Å². The van der Waals surface area contributed by atoms with Crippen LogP contribution in [0.5, 0.6) is 5.75 Å². The van der Waals surface area contributed by atoms with Gasteiger partial charge in [0, 0.05) is 17.3 Å². The molecule has 0 radical (unpaired) electrons. The highest BCUT2D eigenvalue weighted by Crippen LogP contribution is 2.29. The van der Waals surface area contributed by atoms with Gasteiger partial charge in [-0.2, -0.15) is 8.42 Å². The van der Waals surface area contributed by atoms with Crippen LogP contribution in [0.15, 0.2) is 71.6 Å². The minimum Gasteiger partial charge on any atom is -0.507 e. The first kappa shape index (κ1) is 17.0. The predicted octanol–water partition coefficient (Wildman–Crippen LogP) is 2.94. The van der Waals surface area contributed by atoms with Crippen molar-refractivity contribution in [2.24, 2.45) is 5.73 Å². The van der Waals surface area contributed by atoms with Crippen molar-refractivity contribution >= 4 is 20.9 Å². The number of hydrogen-bond acceptors (Lipinski definition) is 4. The number of phenolic OH excluding ortho intramolecular Hbond substituents is 1. The fourth-order valence-corrected chi connectivity index (χ4v) is 2.79. The van der Waals surface area contributed by atoms with Gasteiger partial charge in [-0.3, -0.25) is 4.55 Å². The molecule has 0 saturated carbocycles. The second-order valence-corrected chi connectivity index (χ2v) is 6.18. The number of fused-ring (bicyclic) bond motifs is 1. The van der Waals surface area contributed by atoms with Gasteiger partial charge in [0.25, 0.3) is 10.1 Å². The zero-order valence-electron chi connectivity index (χ0n) is 12.3. The summed E-state index contributed by atoms with van der Waals surface area (Å²) in [4.78, 5) is -0.198. The average molecular weight is 331 g/mol.